The van der Waals surface area contributed by atoms with Crippen LogP contribution in [0.3, 0.4) is 0 Å². The van der Waals surface area contributed by atoms with Crippen LogP contribution >= 0.6 is 0 Å². The quantitative estimate of drug-likeness (QED) is 0.444. The Bertz CT molecular complexity index is 134. The van der Waals surface area contributed by atoms with Crippen LogP contribution in [0, 0.1) is 5.41 Å². The van der Waals surface area contributed by atoms with Crippen LogP contribution in [0.2, 0.25) is 0 Å². The smallest absolute Gasteiger partial charge is 0.142 e. The summed E-state index contributed by atoms with van der Waals surface area (Å²) in [5.74, 6) is 0.336. The summed E-state index contributed by atoms with van der Waals surface area (Å²) in [6.45, 7) is 0.441. The van der Waals surface area contributed by atoms with E-state index in [4.69, 9.17) is 5.41 Å². The van der Waals surface area contributed by atoms with Crippen molar-refractivity contribution >= 4 is 18.3 Å². The molecule has 0 aliphatic carbocycles. The molecule has 0 aromatic heterocycles. The monoisotopic (exact) mass is 95.0 g/mol. The molecule has 0 amide bonds. The third-order valence-electron chi connectivity index (χ3n) is 0.644. The maximum Gasteiger partial charge on any atom is 0.142 e. The molecule has 0 aromatic rings. The first-order valence-electron chi connectivity index (χ1n) is 1.99. The summed E-state index contributed by atoms with van der Waals surface area (Å²) in [6.07, 6.45) is 3.11. The fourth-order valence-corrected chi connectivity index (χ4v) is 0.350. The van der Waals surface area contributed by atoms with E-state index in [9.17, 15) is 0 Å². The Morgan fingerprint density at radius 2 is 2.43 bits per heavy atom. The molecule has 0 unspecified atom stereocenters. The van der Waals surface area contributed by atoms with Crippen molar-refractivity contribution in [1.29, 1.82) is 5.41 Å². The molecule has 1 N–H and O–H groups in total. The third-order valence-corrected chi connectivity index (χ3v) is 0.644. The summed E-state index contributed by atoms with van der Waals surface area (Å²) < 4.78 is 0. The molecular weight excluding hydrogens is 90.1 g/mol. The van der Waals surface area contributed by atoms with Gasteiger partial charge >= 0.3 is 0 Å². The zero-order valence-corrected chi connectivity index (χ0v) is 3.76. The lowest BCUT2D eigenvalue weighted by molar-refractivity contribution is 1.23. The van der Waals surface area contributed by atoms with Crippen molar-refractivity contribution in [3.63, 3.8) is 0 Å². The molecule has 0 bridgehead atoms. The van der Waals surface area contributed by atoms with Gasteiger partial charge in [0.1, 0.15) is 5.84 Å². The Morgan fingerprint density at radius 3 is 2.71 bits per heavy atom. The van der Waals surface area contributed by atoms with Crippen molar-refractivity contribution in [1.82, 2.24) is 0 Å². The first kappa shape index (κ1) is 4.18. The molecule has 0 radical (unpaired) electrons. The normalized spacial score (nSPS) is 18.0. The van der Waals surface area contributed by atoms with E-state index in [1.54, 1.807) is 6.21 Å². The van der Waals surface area contributed by atoms with Crippen LogP contribution in [0.4, 0.5) is 0 Å². The van der Waals surface area contributed by atoms with Crippen molar-refractivity contribution in [2.45, 2.75) is 0 Å². The number of nitrogens with zero attached hydrogens (tertiary/aromatic N) is 2. The molecule has 3 heteroatoms. The molecule has 36 valence electrons. The lowest BCUT2D eigenvalue weighted by Crippen LogP contribution is -2.02. The van der Waals surface area contributed by atoms with E-state index >= 15 is 0 Å². The van der Waals surface area contributed by atoms with Crippen molar-refractivity contribution in [3.05, 3.63) is 0 Å². The van der Waals surface area contributed by atoms with E-state index in [-0.39, 0.29) is 0 Å². The van der Waals surface area contributed by atoms with Gasteiger partial charge < -0.3 is 0 Å². The molecule has 1 heterocycles. The number of nitrogens with one attached hydrogen (secondary N) is 1. The largest absolute Gasteiger partial charge is 0.285 e. The van der Waals surface area contributed by atoms with Crippen molar-refractivity contribution in [2.24, 2.45) is 9.98 Å². The summed E-state index contributed by atoms with van der Waals surface area (Å²) in [5.41, 5.74) is 0. The van der Waals surface area contributed by atoms with Crippen LogP contribution in [0.5, 0.6) is 0 Å². The second-order valence-electron chi connectivity index (χ2n) is 1.21. The predicted octanol–water partition coefficient (Wildman–Crippen LogP) is 0.119. The molecule has 1 aliphatic rings. The lowest BCUT2D eigenvalue weighted by Gasteiger charge is -1.92. The fraction of sp³-hybridized carbons (Fsp3) is 0.250. The number of hydrogen-bond acceptors (Lipinski definition) is 2. The number of aliphatic imine (C=N–C) groups is 2. The topological polar surface area (TPSA) is 48.6 Å². The second-order valence-corrected chi connectivity index (χ2v) is 1.21. The first-order valence-corrected chi connectivity index (χ1v) is 1.99. The Hall–Kier alpha value is -0.990. The summed E-state index contributed by atoms with van der Waals surface area (Å²) in [4.78, 5) is 7.40. The summed E-state index contributed by atoms with van der Waals surface area (Å²) in [5, 5.41) is 6.88. The van der Waals surface area contributed by atoms with Gasteiger partial charge in [0.25, 0.3) is 0 Å². The second kappa shape index (κ2) is 1.64. The summed E-state index contributed by atoms with van der Waals surface area (Å²) in [6, 6.07) is 0. The molecule has 0 atom stereocenters. The van der Waals surface area contributed by atoms with Gasteiger partial charge in [-0.25, -0.2) is 4.99 Å². The maximum atomic E-state index is 6.88. The van der Waals surface area contributed by atoms with Crippen molar-refractivity contribution < 1.29 is 0 Å². The van der Waals surface area contributed by atoms with Gasteiger partial charge in [-0.3, -0.25) is 10.4 Å². The van der Waals surface area contributed by atoms with Gasteiger partial charge in [-0.15, -0.1) is 0 Å². The highest BCUT2D eigenvalue weighted by Gasteiger charge is 1.89. The van der Waals surface area contributed by atoms with E-state index in [0.29, 0.717) is 12.4 Å². The van der Waals surface area contributed by atoms with Crippen LogP contribution in [0.15, 0.2) is 9.98 Å². The first-order chi connectivity index (χ1) is 3.39. The summed E-state index contributed by atoms with van der Waals surface area (Å²) in [7, 11) is 0. The minimum Gasteiger partial charge on any atom is -0.285 e. The molecule has 0 saturated heterocycles. The van der Waals surface area contributed by atoms with Gasteiger partial charge in [-0.05, 0) is 0 Å². The molecule has 1 rings (SSSR count). The zero-order valence-electron chi connectivity index (χ0n) is 3.76. The van der Waals surface area contributed by atoms with E-state index in [1.807, 2.05) is 0 Å². The van der Waals surface area contributed by atoms with Crippen LogP contribution in [-0.4, -0.2) is 24.8 Å². The fourth-order valence-electron chi connectivity index (χ4n) is 0.350. The van der Waals surface area contributed by atoms with Crippen LogP contribution in [0.25, 0.3) is 0 Å². The Balaban J connectivity index is 2.66. The van der Waals surface area contributed by atoms with Gasteiger partial charge in [-0.2, -0.15) is 0 Å². The van der Waals surface area contributed by atoms with Gasteiger partial charge in [0.15, 0.2) is 0 Å². The predicted molar refractivity (Wildman–Crippen MR) is 29.6 cm³/mol. The molecule has 0 fully saturated rings. The molecule has 0 aromatic carbocycles. The average molecular weight is 95.1 g/mol. The molecule has 0 saturated carbocycles. The van der Waals surface area contributed by atoms with Crippen molar-refractivity contribution in [2.75, 3.05) is 6.54 Å². The van der Waals surface area contributed by atoms with E-state index in [1.165, 1.54) is 6.21 Å². The van der Waals surface area contributed by atoms with Gasteiger partial charge in [-0.1, -0.05) is 0 Å². The Labute approximate surface area is 41.3 Å². The zero-order chi connectivity index (χ0) is 5.11. The number of hydrogen-bond donors (Lipinski definition) is 1. The maximum absolute atomic E-state index is 6.88. The Kier molecular flexibility index (Phi) is 0.978. The highest BCUT2D eigenvalue weighted by atomic mass is 14.9. The molecule has 1 aliphatic heterocycles. The SMILES string of the molecule is N=C1CN=CC=N1. The van der Waals surface area contributed by atoms with Gasteiger partial charge in [0.05, 0.1) is 6.54 Å². The van der Waals surface area contributed by atoms with Crippen LogP contribution in [-0.2, 0) is 0 Å². The van der Waals surface area contributed by atoms with E-state index < -0.39 is 0 Å². The standard InChI is InChI=1S/C4H5N3/c5-4-3-6-1-2-7-4/h1-2,5H,3H2. The van der Waals surface area contributed by atoms with E-state index in [2.05, 4.69) is 9.98 Å². The van der Waals surface area contributed by atoms with Crippen LogP contribution in [0.1, 0.15) is 0 Å². The van der Waals surface area contributed by atoms with Gasteiger partial charge in [0, 0.05) is 12.4 Å². The lowest BCUT2D eigenvalue weighted by atomic mass is 10.5. The molecule has 0 spiro atoms. The van der Waals surface area contributed by atoms with Gasteiger partial charge in [0.2, 0.25) is 0 Å². The number of rotatable bonds is 0. The minimum atomic E-state index is 0.336. The Morgan fingerprint density at radius 1 is 1.57 bits per heavy atom. The molecule has 3 nitrogen and oxygen atoms in total. The van der Waals surface area contributed by atoms with Crippen LogP contribution < -0.4 is 0 Å². The number of amidine groups is 1. The average Bonchev–Trinajstić information content (AvgIpc) is 1.69. The minimum absolute atomic E-state index is 0.336. The van der Waals surface area contributed by atoms with E-state index in [0.717, 1.165) is 0 Å². The molecule has 7 heavy (non-hydrogen) atoms. The third kappa shape index (κ3) is 0.924. The summed E-state index contributed by atoms with van der Waals surface area (Å²) >= 11 is 0. The molecular formula is C4H5N3. The van der Waals surface area contributed by atoms with Crippen molar-refractivity contribution in [3.8, 4) is 0 Å². The highest BCUT2D eigenvalue weighted by molar-refractivity contribution is 6.21. The highest BCUT2D eigenvalue weighted by Crippen LogP contribution is 1.79.